The molecular weight excluding hydrogens is 452 g/mol. The summed E-state index contributed by atoms with van der Waals surface area (Å²) in [6, 6.07) is 10.8. The van der Waals surface area contributed by atoms with Gasteiger partial charge in [0.25, 0.3) is 16.4 Å². The van der Waals surface area contributed by atoms with Gasteiger partial charge in [0.15, 0.2) is 5.82 Å². The molecule has 0 spiro atoms. The molecule has 1 aliphatic rings. The van der Waals surface area contributed by atoms with Gasteiger partial charge in [-0.3, -0.25) is 9.71 Å². The van der Waals surface area contributed by atoms with Crippen molar-refractivity contribution >= 4 is 26.6 Å². The lowest BCUT2D eigenvalue weighted by Crippen LogP contribution is -2.13. The molecule has 170 valence electrons. The van der Waals surface area contributed by atoms with E-state index < -0.39 is 16.4 Å². The number of nitrogens with zero attached hydrogens (tertiary/aromatic N) is 2. The Morgan fingerprint density at radius 2 is 1.97 bits per heavy atom. The van der Waals surface area contributed by atoms with Crippen LogP contribution in [0.15, 0.2) is 64.3 Å². The molecule has 1 aliphatic carbocycles. The number of alkyl halides is 2. The van der Waals surface area contributed by atoms with Crippen molar-refractivity contribution in [1.82, 2.24) is 10.1 Å². The molecule has 33 heavy (non-hydrogen) atoms. The van der Waals surface area contributed by atoms with Crippen LogP contribution in [0.25, 0.3) is 22.0 Å². The zero-order valence-corrected chi connectivity index (χ0v) is 18.3. The van der Waals surface area contributed by atoms with E-state index in [0.29, 0.717) is 33.3 Å². The third-order valence-electron chi connectivity index (χ3n) is 5.64. The third-order valence-corrected chi connectivity index (χ3v) is 6.99. The lowest BCUT2D eigenvalue weighted by molar-refractivity contribution is 0.150. The number of hydrogen-bond donors (Lipinski definition) is 1. The van der Waals surface area contributed by atoms with Gasteiger partial charge in [-0.2, -0.15) is 0 Å². The second-order valence-corrected chi connectivity index (χ2v) is 9.47. The largest absolute Gasteiger partial charge is 0.496 e. The molecule has 7 nitrogen and oxygen atoms in total. The Morgan fingerprint density at radius 1 is 1.15 bits per heavy atom. The molecule has 0 radical (unpaired) electrons. The Bertz CT molecular complexity index is 1440. The van der Waals surface area contributed by atoms with Gasteiger partial charge in [0.2, 0.25) is 0 Å². The van der Waals surface area contributed by atoms with E-state index in [1.54, 1.807) is 24.4 Å². The number of anilines is 1. The first-order chi connectivity index (χ1) is 15.9. The number of sulfonamides is 1. The minimum atomic E-state index is -3.89. The number of methoxy groups -OCH3 is 1. The van der Waals surface area contributed by atoms with Crippen LogP contribution in [-0.2, 0) is 10.0 Å². The molecule has 2 aromatic carbocycles. The second kappa shape index (κ2) is 8.11. The Hall–Kier alpha value is -3.53. The molecule has 1 saturated carbocycles. The van der Waals surface area contributed by atoms with Crippen molar-refractivity contribution in [2.24, 2.45) is 0 Å². The number of hydrogen-bond acceptors (Lipinski definition) is 6. The van der Waals surface area contributed by atoms with Gasteiger partial charge in [-0.05, 0) is 60.0 Å². The fraction of sp³-hybridized carbons (Fsp3) is 0.217. The molecule has 2 heterocycles. The van der Waals surface area contributed by atoms with E-state index in [4.69, 9.17) is 4.74 Å². The van der Waals surface area contributed by atoms with Gasteiger partial charge in [0.05, 0.1) is 17.7 Å². The topological polar surface area (TPSA) is 94.3 Å². The molecular formula is C23H19F2N3O4S. The molecule has 1 N–H and O–H groups in total. The first kappa shape index (κ1) is 21.3. The fourth-order valence-corrected chi connectivity index (χ4v) is 4.93. The summed E-state index contributed by atoms with van der Waals surface area (Å²) in [6.45, 7) is 0. The molecule has 0 unspecified atom stereocenters. The van der Waals surface area contributed by atoms with E-state index in [1.807, 2.05) is 0 Å². The predicted molar refractivity (Wildman–Crippen MR) is 118 cm³/mol. The number of ether oxygens (including phenoxy) is 1. The van der Waals surface area contributed by atoms with E-state index >= 15 is 0 Å². The highest BCUT2D eigenvalue weighted by Gasteiger charge is 2.31. The van der Waals surface area contributed by atoms with Gasteiger partial charge >= 0.3 is 0 Å². The number of benzene rings is 2. The highest BCUT2D eigenvalue weighted by molar-refractivity contribution is 7.92. The van der Waals surface area contributed by atoms with Gasteiger partial charge in [-0.25, -0.2) is 17.2 Å². The lowest BCUT2D eigenvalue weighted by Gasteiger charge is -2.16. The Kier molecular flexibility index (Phi) is 5.24. The van der Waals surface area contributed by atoms with Crippen molar-refractivity contribution < 1.29 is 26.5 Å². The van der Waals surface area contributed by atoms with Crippen LogP contribution in [0.3, 0.4) is 0 Å². The van der Waals surface area contributed by atoms with Crippen LogP contribution < -0.4 is 9.46 Å². The van der Waals surface area contributed by atoms with E-state index in [0.717, 1.165) is 12.8 Å². The molecule has 5 rings (SSSR count). The van der Waals surface area contributed by atoms with Crippen molar-refractivity contribution in [2.45, 2.75) is 30.1 Å². The smallest absolute Gasteiger partial charge is 0.264 e. The van der Waals surface area contributed by atoms with Crippen LogP contribution in [-0.4, -0.2) is 25.7 Å². The molecule has 1 fully saturated rings. The number of rotatable bonds is 7. The SMILES string of the molecule is COc1cc(C(F)F)c(C2CC2)cc1-c1nccc2cc(S(=O)(=O)Nc3ccon3)ccc12. The summed E-state index contributed by atoms with van der Waals surface area (Å²) in [5.74, 6) is 0.467. The molecule has 0 aliphatic heterocycles. The van der Waals surface area contributed by atoms with Crippen molar-refractivity contribution in [3.63, 3.8) is 0 Å². The average molecular weight is 471 g/mol. The third kappa shape index (κ3) is 4.02. The minimum Gasteiger partial charge on any atom is -0.496 e. The van der Waals surface area contributed by atoms with Gasteiger partial charge in [-0.15, -0.1) is 0 Å². The fourth-order valence-electron chi connectivity index (χ4n) is 3.90. The minimum absolute atomic E-state index is 0.0225. The molecule has 0 bridgehead atoms. The zero-order chi connectivity index (χ0) is 23.2. The van der Waals surface area contributed by atoms with Crippen LogP contribution in [0.4, 0.5) is 14.6 Å². The monoisotopic (exact) mass is 471 g/mol. The Balaban J connectivity index is 1.62. The summed E-state index contributed by atoms with van der Waals surface area (Å²) in [4.78, 5) is 4.51. The van der Waals surface area contributed by atoms with Gasteiger partial charge in [-0.1, -0.05) is 11.2 Å². The maximum atomic E-state index is 13.7. The maximum Gasteiger partial charge on any atom is 0.264 e. The van der Waals surface area contributed by atoms with Crippen LogP contribution in [0.2, 0.25) is 0 Å². The average Bonchev–Trinajstić information content (AvgIpc) is 3.54. The second-order valence-electron chi connectivity index (χ2n) is 7.79. The van der Waals surface area contributed by atoms with Gasteiger partial charge in [0, 0.05) is 28.8 Å². The Labute approximate surface area is 188 Å². The molecule has 0 saturated heterocycles. The molecule has 2 aromatic heterocycles. The van der Waals surface area contributed by atoms with Crippen LogP contribution in [0.5, 0.6) is 5.75 Å². The van der Waals surface area contributed by atoms with E-state index in [-0.39, 0.29) is 22.2 Å². The lowest BCUT2D eigenvalue weighted by atomic mass is 9.95. The van der Waals surface area contributed by atoms with Crippen molar-refractivity contribution in [3.05, 3.63) is 66.1 Å². The van der Waals surface area contributed by atoms with Crippen LogP contribution in [0.1, 0.15) is 36.3 Å². The van der Waals surface area contributed by atoms with Crippen molar-refractivity contribution in [2.75, 3.05) is 11.8 Å². The first-order valence-electron chi connectivity index (χ1n) is 10.2. The number of fused-ring (bicyclic) bond motifs is 1. The number of halogens is 2. The van der Waals surface area contributed by atoms with E-state index in [2.05, 4.69) is 19.4 Å². The highest BCUT2D eigenvalue weighted by Crippen LogP contribution is 2.47. The zero-order valence-electron chi connectivity index (χ0n) is 17.5. The van der Waals surface area contributed by atoms with Gasteiger partial charge in [0.1, 0.15) is 12.0 Å². The van der Waals surface area contributed by atoms with E-state index in [1.165, 1.54) is 37.6 Å². The predicted octanol–water partition coefficient (Wildman–Crippen LogP) is 5.51. The van der Waals surface area contributed by atoms with Gasteiger partial charge < -0.3 is 9.26 Å². The van der Waals surface area contributed by atoms with Crippen molar-refractivity contribution in [3.8, 4) is 17.0 Å². The van der Waals surface area contributed by atoms with Crippen molar-refractivity contribution in [1.29, 1.82) is 0 Å². The molecule has 4 aromatic rings. The van der Waals surface area contributed by atoms with E-state index in [9.17, 15) is 17.2 Å². The highest BCUT2D eigenvalue weighted by atomic mass is 32.2. The summed E-state index contributed by atoms with van der Waals surface area (Å²) in [6.07, 6.45) is 1.95. The maximum absolute atomic E-state index is 13.7. The summed E-state index contributed by atoms with van der Waals surface area (Å²) in [5.41, 5.74) is 1.70. The first-order valence-corrected chi connectivity index (χ1v) is 11.7. The standard InChI is InChI=1S/C23H19F2N3O4S/c1-31-20-12-18(23(24)25)17(13-2-3-13)11-19(20)22-16-5-4-15(10-14(16)6-8-26-22)33(29,30)28-21-7-9-32-27-21/h4-13,23H,2-3H2,1H3,(H,27,28). The number of pyridine rings is 1. The van der Waals surface area contributed by atoms with Crippen LogP contribution in [0, 0.1) is 0 Å². The van der Waals surface area contributed by atoms with Crippen LogP contribution >= 0.6 is 0 Å². The molecule has 10 heteroatoms. The molecule has 0 atom stereocenters. The molecule has 0 amide bonds. The number of nitrogens with one attached hydrogen (secondary N) is 1. The summed E-state index contributed by atoms with van der Waals surface area (Å²) < 4.78 is 65.2. The summed E-state index contributed by atoms with van der Waals surface area (Å²) in [7, 11) is -2.46. The summed E-state index contributed by atoms with van der Waals surface area (Å²) in [5, 5.41) is 4.86. The summed E-state index contributed by atoms with van der Waals surface area (Å²) >= 11 is 0. The Morgan fingerprint density at radius 3 is 2.64 bits per heavy atom. The number of aromatic nitrogens is 2. The normalized spacial score (nSPS) is 14.1. The quantitative estimate of drug-likeness (QED) is 0.382.